The first-order valence-electron chi connectivity index (χ1n) is 4.64. The van der Waals surface area contributed by atoms with Crippen LogP contribution in [0.1, 0.15) is 6.42 Å². The summed E-state index contributed by atoms with van der Waals surface area (Å²) in [5.74, 6) is -0.671. The van der Waals surface area contributed by atoms with Gasteiger partial charge < -0.3 is 4.90 Å². The number of nitrogens with zero attached hydrogens (tertiary/aromatic N) is 3. The van der Waals surface area contributed by atoms with Crippen molar-refractivity contribution in [2.24, 2.45) is 4.99 Å². The molecule has 0 saturated heterocycles. The van der Waals surface area contributed by atoms with Gasteiger partial charge in [0.05, 0.1) is 11.3 Å². The van der Waals surface area contributed by atoms with Crippen molar-refractivity contribution >= 4 is 6.34 Å². The molecule has 0 aromatic carbocycles. The Labute approximate surface area is 92.4 Å². The van der Waals surface area contributed by atoms with Crippen LogP contribution in [0.15, 0.2) is 40.4 Å². The fraction of sp³-hybridized carbons (Fsp3) is 0.300. The zero-order chi connectivity index (χ0) is 12.1. The monoisotopic (exact) mass is 225 g/mol. The smallest absolute Gasteiger partial charge is 0.297 e. The molecular weight excluding hydrogens is 213 g/mol. The first-order chi connectivity index (χ1) is 7.52. The molecular formula is C10H12FN3O2. The molecule has 6 heteroatoms. The molecule has 0 unspecified atom stereocenters. The number of hydrogen-bond acceptors (Lipinski definition) is 3. The molecule has 0 aliphatic heterocycles. The van der Waals surface area contributed by atoms with Crippen molar-refractivity contribution in [2.45, 2.75) is 6.42 Å². The van der Waals surface area contributed by atoms with Crippen LogP contribution in [0.5, 0.6) is 0 Å². The molecule has 86 valence electrons. The normalized spacial score (nSPS) is 16.3. The highest BCUT2D eigenvalue weighted by Crippen LogP contribution is 2.22. The second-order valence-corrected chi connectivity index (χ2v) is 3.39. The van der Waals surface area contributed by atoms with Gasteiger partial charge in [0.2, 0.25) is 0 Å². The second-order valence-electron chi connectivity index (χ2n) is 3.39. The highest BCUT2D eigenvalue weighted by molar-refractivity contribution is 5.58. The number of aliphatic imine (C=N–C) groups is 1. The highest BCUT2D eigenvalue weighted by Gasteiger charge is 2.20. The van der Waals surface area contributed by atoms with E-state index in [1.165, 1.54) is 24.6 Å². The largest absolute Gasteiger partial charge is 0.369 e. The fourth-order valence-electron chi connectivity index (χ4n) is 1.10. The molecule has 1 rings (SSSR count). The lowest BCUT2D eigenvalue weighted by Gasteiger charge is -2.03. The van der Waals surface area contributed by atoms with Crippen molar-refractivity contribution in [1.82, 2.24) is 4.90 Å². The van der Waals surface area contributed by atoms with E-state index in [0.29, 0.717) is 6.42 Å². The van der Waals surface area contributed by atoms with E-state index in [0.717, 1.165) is 0 Å². The molecule has 0 aromatic heterocycles. The van der Waals surface area contributed by atoms with Gasteiger partial charge in [-0.2, -0.15) is 0 Å². The van der Waals surface area contributed by atoms with Crippen LogP contribution < -0.4 is 0 Å². The van der Waals surface area contributed by atoms with E-state index in [9.17, 15) is 14.5 Å². The van der Waals surface area contributed by atoms with Crippen LogP contribution in [0.4, 0.5) is 4.39 Å². The van der Waals surface area contributed by atoms with Gasteiger partial charge in [0.1, 0.15) is 0 Å². The molecule has 0 spiro atoms. The van der Waals surface area contributed by atoms with Crippen LogP contribution in [0.3, 0.4) is 0 Å². The molecule has 16 heavy (non-hydrogen) atoms. The SMILES string of the molecule is CN(C)C=NC1=C([N+](=O)[O-])C=CCC=C1F. The Hall–Kier alpha value is -1.98. The summed E-state index contributed by atoms with van der Waals surface area (Å²) in [6.45, 7) is 0. The summed E-state index contributed by atoms with van der Waals surface area (Å²) in [5.41, 5.74) is -0.572. The first-order valence-corrected chi connectivity index (χ1v) is 4.64. The third kappa shape index (κ3) is 3.01. The minimum atomic E-state index is -0.671. The van der Waals surface area contributed by atoms with Gasteiger partial charge in [0, 0.05) is 20.2 Å². The lowest BCUT2D eigenvalue weighted by atomic mass is 10.3. The lowest BCUT2D eigenvalue weighted by molar-refractivity contribution is -0.420. The number of halogens is 1. The molecule has 1 aliphatic rings. The third-order valence-corrected chi connectivity index (χ3v) is 1.79. The third-order valence-electron chi connectivity index (χ3n) is 1.79. The van der Waals surface area contributed by atoms with Crippen LogP contribution in [0, 0.1) is 10.1 Å². The average Bonchev–Trinajstić information content (AvgIpc) is 2.37. The molecule has 0 amide bonds. The van der Waals surface area contributed by atoms with E-state index in [4.69, 9.17) is 0 Å². The Morgan fingerprint density at radius 3 is 2.88 bits per heavy atom. The molecule has 0 radical (unpaired) electrons. The summed E-state index contributed by atoms with van der Waals surface area (Å²) in [4.78, 5) is 15.4. The zero-order valence-corrected chi connectivity index (χ0v) is 9.05. The second kappa shape index (κ2) is 5.20. The van der Waals surface area contributed by atoms with E-state index >= 15 is 0 Å². The average molecular weight is 225 g/mol. The maximum absolute atomic E-state index is 13.5. The van der Waals surface area contributed by atoms with Gasteiger partial charge in [0.15, 0.2) is 11.5 Å². The zero-order valence-electron chi connectivity index (χ0n) is 9.05. The summed E-state index contributed by atoms with van der Waals surface area (Å²) >= 11 is 0. The van der Waals surface area contributed by atoms with Crippen molar-refractivity contribution < 1.29 is 9.31 Å². The Morgan fingerprint density at radius 1 is 1.62 bits per heavy atom. The maximum Gasteiger partial charge on any atom is 0.297 e. The predicted octanol–water partition coefficient (Wildman–Crippen LogP) is 1.88. The summed E-state index contributed by atoms with van der Waals surface area (Å²) in [6, 6.07) is 0. The molecule has 0 atom stereocenters. The minimum Gasteiger partial charge on any atom is -0.369 e. The fourth-order valence-corrected chi connectivity index (χ4v) is 1.10. The van der Waals surface area contributed by atoms with Gasteiger partial charge in [-0.3, -0.25) is 10.1 Å². The highest BCUT2D eigenvalue weighted by atomic mass is 19.1. The molecule has 0 heterocycles. The molecule has 0 fully saturated rings. The number of rotatable bonds is 3. The molecule has 0 N–H and O–H groups in total. The van der Waals surface area contributed by atoms with Crippen LogP contribution in [-0.4, -0.2) is 30.3 Å². The minimum absolute atomic E-state index is 0.243. The summed E-state index contributed by atoms with van der Waals surface area (Å²) in [7, 11) is 3.40. The maximum atomic E-state index is 13.5. The quantitative estimate of drug-likeness (QED) is 0.319. The van der Waals surface area contributed by atoms with Gasteiger partial charge in [-0.1, -0.05) is 6.08 Å². The summed E-state index contributed by atoms with van der Waals surface area (Å²) in [6.07, 6.45) is 5.70. The molecule has 5 nitrogen and oxygen atoms in total. The Kier molecular flexibility index (Phi) is 3.93. The van der Waals surface area contributed by atoms with Gasteiger partial charge in [-0.15, -0.1) is 0 Å². The Bertz CT molecular complexity index is 408. The first kappa shape index (κ1) is 12.1. The van der Waals surface area contributed by atoms with Crippen molar-refractivity contribution in [3.63, 3.8) is 0 Å². The summed E-state index contributed by atoms with van der Waals surface area (Å²) < 4.78 is 13.5. The van der Waals surface area contributed by atoms with E-state index in [-0.39, 0.29) is 11.4 Å². The van der Waals surface area contributed by atoms with Crippen LogP contribution in [-0.2, 0) is 0 Å². The van der Waals surface area contributed by atoms with E-state index in [1.807, 2.05) is 0 Å². The van der Waals surface area contributed by atoms with Crippen LogP contribution in [0.2, 0.25) is 0 Å². The van der Waals surface area contributed by atoms with Crippen LogP contribution >= 0.6 is 0 Å². The number of nitro groups is 1. The van der Waals surface area contributed by atoms with Crippen molar-refractivity contribution in [3.8, 4) is 0 Å². The van der Waals surface area contributed by atoms with Crippen LogP contribution in [0.25, 0.3) is 0 Å². The number of allylic oxidation sites excluding steroid dienone is 4. The molecule has 0 aromatic rings. The molecule has 1 aliphatic carbocycles. The van der Waals surface area contributed by atoms with Crippen molar-refractivity contribution in [1.29, 1.82) is 0 Å². The van der Waals surface area contributed by atoms with Gasteiger partial charge in [-0.05, 0) is 12.5 Å². The Morgan fingerprint density at radius 2 is 2.31 bits per heavy atom. The Balaban J connectivity index is 3.20. The molecule has 0 saturated carbocycles. The van der Waals surface area contributed by atoms with Gasteiger partial charge >= 0.3 is 0 Å². The standard InChI is InChI=1S/C10H12FN3O2/c1-13(2)7-12-10-8(11)5-3-4-6-9(10)14(15)16/h4-7H,3H2,1-2H3. The number of hydrogen-bond donors (Lipinski definition) is 0. The van der Waals surface area contributed by atoms with Gasteiger partial charge in [0.25, 0.3) is 5.70 Å². The summed E-state index contributed by atoms with van der Waals surface area (Å²) in [5, 5.41) is 10.7. The predicted molar refractivity (Wildman–Crippen MR) is 59.1 cm³/mol. The van der Waals surface area contributed by atoms with E-state index < -0.39 is 10.8 Å². The van der Waals surface area contributed by atoms with E-state index in [1.54, 1.807) is 19.0 Å². The van der Waals surface area contributed by atoms with E-state index in [2.05, 4.69) is 4.99 Å². The van der Waals surface area contributed by atoms with Crippen molar-refractivity contribution in [3.05, 3.63) is 45.6 Å². The van der Waals surface area contributed by atoms with Gasteiger partial charge in [-0.25, -0.2) is 9.38 Å². The van der Waals surface area contributed by atoms with Crippen molar-refractivity contribution in [2.75, 3.05) is 14.1 Å². The topological polar surface area (TPSA) is 58.7 Å². The molecule has 0 bridgehead atoms. The lowest BCUT2D eigenvalue weighted by Crippen LogP contribution is -2.09.